The summed E-state index contributed by atoms with van der Waals surface area (Å²) in [5.41, 5.74) is 1.29. The van der Waals surface area contributed by atoms with Gasteiger partial charge in [0.25, 0.3) is 0 Å². The predicted octanol–water partition coefficient (Wildman–Crippen LogP) is 2.48. The van der Waals surface area contributed by atoms with Crippen LogP contribution in [0.4, 0.5) is 5.13 Å². The first-order valence-corrected chi connectivity index (χ1v) is 6.81. The Balaban J connectivity index is 1.93. The largest absolute Gasteiger partial charge is 0.345 e. The van der Waals surface area contributed by atoms with Crippen molar-refractivity contribution in [2.75, 3.05) is 24.5 Å². The molecule has 3 rings (SSSR count). The van der Waals surface area contributed by atoms with E-state index in [0.717, 1.165) is 30.3 Å². The SMILES string of the molecule is CC1(C)CN(c2nc3ccccc3s2)CCN1. The fourth-order valence-electron chi connectivity index (χ4n) is 2.30. The summed E-state index contributed by atoms with van der Waals surface area (Å²) in [5.74, 6) is 0. The fraction of sp³-hybridized carbons (Fsp3) is 0.462. The van der Waals surface area contributed by atoms with Crippen molar-refractivity contribution in [2.45, 2.75) is 19.4 Å². The van der Waals surface area contributed by atoms with Crippen molar-refractivity contribution in [3.05, 3.63) is 24.3 Å². The highest BCUT2D eigenvalue weighted by Crippen LogP contribution is 2.29. The van der Waals surface area contributed by atoms with Gasteiger partial charge in [-0.15, -0.1) is 0 Å². The third kappa shape index (κ3) is 2.15. The number of hydrogen-bond acceptors (Lipinski definition) is 4. The van der Waals surface area contributed by atoms with E-state index in [0.29, 0.717) is 0 Å². The van der Waals surface area contributed by atoms with E-state index in [2.05, 4.69) is 42.3 Å². The summed E-state index contributed by atoms with van der Waals surface area (Å²) in [4.78, 5) is 7.11. The van der Waals surface area contributed by atoms with Gasteiger partial charge in [0.15, 0.2) is 5.13 Å². The van der Waals surface area contributed by atoms with E-state index in [9.17, 15) is 0 Å². The number of hydrogen-bond donors (Lipinski definition) is 1. The van der Waals surface area contributed by atoms with Crippen LogP contribution in [-0.4, -0.2) is 30.2 Å². The smallest absolute Gasteiger partial charge is 0.186 e. The minimum atomic E-state index is 0.177. The van der Waals surface area contributed by atoms with Crippen LogP contribution in [0.3, 0.4) is 0 Å². The van der Waals surface area contributed by atoms with Gasteiger partial charge in [-0.05, 0) is 26.0 Å². The number of fused-ring (bicyclic) bond motifs is 1. The van der Waals surface area contributed by atoms with E-state index < -0.39 is 0 Å². The number of piperazine rings is 1. The van der Waals surface area contributed by atoms with Gasteiger partial charge in [-0.25, -0.2) is 4.98 Å². The molecule has 0 bridgehead atoms. The molecule has 1 fully saturated rings. The first-order chi connectivity index (χ1) is 8.14. The Morgan fingerprint density at radius 2 is 2.18 bits per heavy atom. The molecule has 0 saturated carbocycles. The standard InChI is InChI=1S/C13H17N3S/c1-13(2)9-16(8-7-14-13)12-15-10-5-3-4-6-11(10)17-12/h3-6,14H,7-9H2,1-2H3. The van der Waals surface area contributed by atoms with Crippen LogP contribution in [0.5, 0.6) is 0 Å². The molecule has 1 N–H and O–H groups in total. The molecule has 0 unspecified atom stereocenters. The first-order valence-electron chi connectivity index (χ1n) is 6.00. The Bertz CT molecular complexity index is 499. The molecule has 2 aromatic rings. The van der Waals surface area contributed by atoms with Gasteiger partial charge in [0, 0.05) is 25.2 Å². The normalized spacial score (nSPS) is 19.8. The van der Waals surface area contributed by atoms with Crippen molar-refractivity contribution in [3.8, 4) is 0 Å². The average Bonchev–Trinajstić information content (AvgIpc) is 2.71. The topological polar surface area (TPSA) is 28.2 Å². The molecule has 0 amide bonds. The van der Waals surface area contributed by atoms with E-state index in [1.807, 2.05) is 6.07 Å². The zero-order valence-electron chi connectivity index (χ0n) is 10.2. The first kappa shape index (κ1) is 11.0. The third-order valence-electron chi connectivity index (χ3n) is 3.12. The Labute approximate surface area is 105 Å². The number of thiazole rings is 1. The summed E-state index contributed by atoms with van der Waals surface area (Å²) in [5, 5.41) is 4.68. The van der Waals surface area contributed by atoms with Gasteiger partial charge in [0.1, 0.15) is 0 Å². The van der Waals surface area contributed by atoms with Gasteiger partial charge < -0.3 is 10.2 Å². The molecule has 1 saturated heterocycles. The predicted molar refractivity (Wildman–Crippen MR) is 73.9 cm³/mol. The van der Waals surface area contributed by atoms with Crippen LogP contribution in [0.25, 0.3) is 10.2 Å². The number of rotatable bonds is 1. The van der Waals surface area contributed by atoms with Crippen LogP contribution < -0.4 is 10.2 Å². The highest BCUT2D eigenvalue weighted by Gasteiger charge is 2.27. The Kier molecular flexibility index (Phi) is 2.56. The number of anilines is 1. The Morgan fingerprint density at radius 1 is 1.35 bits per heavy atom. The molecule has 2 heterocycles. The van der Waals surface area contributed by atoms with Gasteiger partial charge >= 0.3 is 0 Å². The van der Waals surface area contributed by atoms with Crippen LogP contribution in [0.1, 0.15) is 13.8 Å². The molecule has 4 heteroatoms. The van der Waals surface area contributed by atoms with E-state index in [4.69, 9.17) is 4.98 Å². The lowest BCUT2D eigenvalue weighted by Crippen LogP contribution is -2.57. The van der Waals surface area contributed by atoms with Gasteiger partial charge in [-0.1, -0.05) is 23.5 Å². The van der Waals surface area contributed by atoms with E-state index in [1.165, 1.54) is 4.70 Å². The van der Waals surface area contributed by atoms with Gasteiger partial charge in [-0.2, -0.15) is 0 Å². The van der Waals surface area contributed by atoms with Crippen molar-refractivity contribution >= 4 is 26.7 Å². The zero-order valence-corrected chi connectivity index (χ0v) is 11.0. The molecule has 3 nitrogen and oxygen atoms in total. The summed E-state index contributed by atoms with van der Waals surface area (Å²) in [6, 6.07) is 8.35. The number of benzene rings is 1. The molecule has 0 spiro atoms. The second kappa shape index (κ2) is 3.96. The monoisotopic (exact) mass is 247 g/mol. The number of aromatic nitrogens is 1. The summed E-state index contributed by atoms with van der Waals surface area (Å²) >= 11 is 1.79. The maximum Gasteiger partial charge on any atom is 0.186 e. The van der Waals surface area contributed by atoms with Gasteiger partial charge in [0.2, 0.25) is 0 Å². The van der Waals surface area contributed by atoms with Crippen molar-refractivity contribution in [1.82, 2.24) is 10.3 Å². The lowest BCUT2D eigenvalue weighted by atomic mass is 10.0. The van der Waals surface area contributed by atoms with Crippen LogP contribution in [0, 0.1) is 0 Å². The van der Waals surface area contributed by atoms with Crippen molar-refractivity contribution in [3.63, 3.8) is 0 Å². The quantitative estimate of drug-likeness (QED) is 0.839. The second-order valence-electron chi connectivity index (χ2n) is 5.20. The molecule has 1 aromatic heterocycles. The van der Waals surface area contributed by atoms with Gasteiger partial charge in [0.05, 0.1) is 10.2 Å². The van der Waals surface area contributed by atoms with Crippen LogP contribution in [-0.2, 0) is 0 Å². The molecule has 90 valence electrons. The molecule has 1 aliphatic rings. The molecule has 17 heavy (non-hydrogen) atoms. The van der Waals surface area contributed by atoms with Crippen molar-refractivity contribution in [1.29, 1.82) is 0 Å². The number of nitrogens with one attached hydrogen (secondary N) is 1. The van der Waals surface area contributed by atoms with E-state index in [-0.39, 0.29) is 5.54 Å². The number of nitrogens with zero attached hydrogens (tertiary/aromatic N) is 2. The minimum absolute atomic E-state index is 0.177. The average molecular weight is 247 g/mol. The van der Waals surface area contributed by atoms with E-state index in [1.54, 1.807) is 11.3 Å². The third-order valence-corrected chi connectivity index (χ3v) is 4.22. The lowest BCUT2D eigenvalue weighted by Gasteiger charge is -2.38. The maximum absolute atomic E-state index is 4.72. The summed E-state index contributed by atoms with van der Waals surface area (Å²) < 4.78 is 1.28. The summed E-state index contributed by atoms with van der Waals surface area (Å²) in [7, 11) is 0. The van der Waals surface area contributed by atoms with Crippen LogP contribution in [0.15, 0.2) is 24.3 Å². The Hall–Kier alpha value is -1.13. The zero-order chi connectivity index (χ0) is 11.9. The highest BCUT2D eigenvalue weighted by molar-refractivity contribution is 7.22. The van der Waals surface area contributed by atoms with Crippen LogP contribution in [0.2, 0.25) is 0 Å². The van der Waals surface area contributed by atoms with E-state index >= 15 is 0 Å². The minimum Gasteiger partial charge on any atom is -0.345 e. The summed E-state index contributed by atoms with van der Waals surface area (Å²) in [6.45, 7) is 7.58. The van der Waals surface area contributed by atoms with Crippen LogP contribution >= 0.6 is 11.3 Å². The van der Waals surface area contributed by atoms with Crippen molar-refractivity contribution in [2.24, 2.45) is 0 Å². The molecule has 0 radical (unpaired) electrons. The molecule has 1 aromatic carbocycles. The fourth-order valence-corrected chi connectivity index (χ4v) is 3.29. The van der Waals surface area contributed by atoms with Gasteiger partial charge in [-0.3, -0.25) is 0 Å². The molecular weight excluding hydrogens is 230 g/mol. The molecule has 1 aliphatic heterocycles. The molecule has 0 aliphatic carbocycles. The second-order valence-corrected chi connectivity index (χ2v) is 6.21. The lowest BCUT2D eigenvalue weighted by molar-refractivity contribution is 0.353. The number of para-hydroxylation sites is 1. The molecule has 0 atom stereocenters. The maximum atomic E-state index is 4.72. The van der Waals surface area contributed by atoms with Crippen molar-refractivity contribution < 1.29 is 0 Å². The summed E-state index contributed by atoms with van der Waals surface area (Å²) in [6.07, 6.45) is 0. The highest BCUT2D eigenvalue weighted by atomic mass is 32.1. The Morgan fingerprint density at radius 3 is 2.94 bits per heavy atom. The molecular formula is C13H17N3S.